The summed E-state index contributed by atoms with van der Waals surface area (Å²) >= 11 is 0. The van der Waals surface area contributed by atoms with E-state index in [1.165, 1.54) is 0 Å². The number of carbonyl (C=O) groups excluding carboxylic acids is 1. The molecule has 1 amide bonds. The van der Waals surface area contributed by atoms with Gasteiger partial charge in [-0.15, -0.1) is 0 Å². The quantitative estimate of drug-likeness (QED) is 0.819. The second-order valence-electron chi connectivity index (χ2n) is 4.38. The van der Waals surface area contributed by atoms with Gasteiger partial charge in [0, 0.05) is 34.5 Å². The monoisotopic (exact) mass is 268 g/mol. The van der Waals surface area contributed by atoms with Gasteiger partial charge >= 0.3 is 0 Å². The van der Waals surface area contributed by atoms with Crippen LogP contribution >= 0.6 is 0 Å². The molecule has 0 aliphatic rings. The minimum absolute atomic E-state index is 0.0485. The Bertz CT molecular complexity index is 409. The van der Waals surface area contributed by atoms with Crippen molar-refractivity contribution in [1.82, 2.24) is 5.32 Å². The predicted octanol–water partition coefficient (Wildman–Crippen LogP) is 1.37. The third kappa shape index (κ3) is 5.42. The Labute approximate surface area is 111 Å². The third-order valence-corrected chi connectivity index (χ3v) is 3.42. The fourth-order valence-corrected chi connectivity index (χ4v) is 2.47. The highest BCUT2D eigenvalue weighted by Crippen LogP contribution is 2.05. The van der Waals surface area contributed by atoms with Gasteiger partial charge in [0.1, 0.15) is 0 Å². The number of amides is 1. The molecule has 1 aromatic rings. The van der Waals surface area contributed by atoms with E-state index in [4.69, 9.17) is 0 Å². The van der Waals surface area contributed by atoms with E-state index in [1.54, 1.807) is 13.2 Å². The second-order valence-corrected chi connectivity index (χ2v) is 5.86. The molecule has 0 aliphatic heterocycles. The van der Waals surface area contributed by atoms with Crippen molar-refractivity contribution in [3.8, 4) is 0 Å². The van der Waals surface area contributed by atoms with E-state index in [1.807, 2.05) is 37.3 Å². The lowest BCUT2D eigenvalue weighted by atomic mass is 10.2. The van der Waals surface area contributed by atoms with Gasteiger partial charge in [-0.25, -0.2) is 0 Å². The van der Waals surface area contributed by atoms with Crippen molar-refractivity contribution in [3.63, 3.8) is 0 Å². The Hall–Kier alpha value is -1.20. The largest absolute Gasteiger partial charge is 0.325 e. The molecule has 1 aromatic carbocycles. The van der Waals surface area contributed by atoms with E-state index in [0.29, 0.717) is 5.75 Å². The normalized spacial score (nSPS) is 15.7. The Morgan fingerprint density at radius 3 is 2.44 bits per heavy atom. The first-order valence-electron chi connectivity index (χ1n) is 5.91. The van der Waals surface area contributed by atoms with Gasteiger partial charge in [-0.05, 0) is 26.0 Å². The van der Waals surface area contributed by atoms with Crippen LogP contribution in [0.15, 0.2) is 30.3 Å². The Morgan fingerprint density at radius 1 is 1.28 bits per heavy atom. The number of para-hydroxylation sites is 1. The van der Waals surface area contributed by atoms with Gasteiger partial charge in [-0.3, -0.25) is 9.00 Å². The first kappa shape index (κ1) is 14.9. The maximum atomic E-state index is 11.9. The van der Waals surface area contributed by atoms with E-state index in [0.717, 1.165) is 5.69 Å². The van der Waals surface area contributed by atoms with Crippen LogP contribution in [0, 0.1) is 0 Å². The van der Waals surface area contributed by atoms with Crippen LogP contribution in [0.5, 0.6) is 0 Å². The molecule has 100 valence electrons. The Kier molecular flexibility index (Phi) is 6.01. The molecule has 0 aromatic heterocycles. The summed E-state index contributed by atoms with van der Waals surface area (Å²) in [6, 6.07) is 9.06. The lowest BCUT2D eigenvalue weighted by molar-refractivity contribution is -0.117. The fourth-order valence-electron chi connectivity index (χ4n) is 1.67. The number of benzene rings is 1. The molecule has 18 heavy (non-hydrogen) atoms. The topological polar surface area (TPSA) is 58.2 Å². The van der Waals surface area contributed by atoms with Gasteiger partial charge in [-0.2, -0.15) is 0 Å². The average Bonchev–Trinajstić information content (AvgIpc) is 2.28. The van der Waals surface area contributed by atoms with Crippen molar-refractivity contribution >= 4 is 22.4 Å². The smallest absolute Gasteiger partial charge is 0.241 e. The number of anilines is 1. The number of rotatable bonds is 6. The lowest BCUT2D eigenvalue weighted by Crippen LogP contribution is -2.44. The Morgan fingerprint density at radius 2 is 1.89 bits per heavy atom. The maximum Gasteiger partial charge on any atom is 0.241 e. The highest BCUT2D eigenvalue weighted by Gasteiger charge is 2.15. The number of hydrogen-bond acceptors (Lipinski definition) is 3. The van der Waals surface area contributed by atoms with Crippen LogP contribution in [0.2, 0.25) is 0 Å². The molecule has 2 N–H and O–H groups in total. The summed E-state index contributed by atoms with van der Waals surface area (Å²) in [6.45, 7) is 3.72. The molecular weight excluding hydrogens is 248 g/mol. The Balaban J connectivity index is 2.44. The van der Waals surface area contributed by atoms with Crippen LogP contribution in [0.4, 0.5) is 5.69 Å². The van der Waals surface area contributed by atoms with Crippen molar-refractivity contribution < 1.29 is 9.00 Å². The molecule has 0 spiro atoms. The van der Waals surface area contributed by atoms with Gasteiger partial charge < -0.3 is 10.6 Å². The van der Waals surface area contributed by atoms with Crippen molar-refractivity contribution in [2.24, 2.45) is 0 Å². The van der Waals surface area contributed by atoms with Gasteiger partial charge in [-0.1, -0.05) is 18.2 Å². The zero-order valence-corrected chi connectivity index (χ0v) is 11.8. The minimum atomic E-state index is -0.857. The molecule has 3 unspecified atom stereocenters. The molecule has 0 aliphatic carbocycles. The van der Waals surface area contributed by atoms with E-state index < -0.39 is 10.8 Å². The van der Waals surface area contributed by atoms with Crippen LogP contribution in [-0.4, -0.2) is 34.2 Å². The number of carbonyl (C=O) groups is 1. The summed E-state index contributed by atoms with van der Waals surface area (Å²) in [6.07, 6.45) is 1.66. The summed E-state index contributed by atoms with van der Waals surface area (Å²) in [5, 5.41) is 5.95. The molecule has 4 nitrogen and oxygen atoms in total. The first-order chi connectivity index (χ1) is 8.49. The van der Waals surface area contributed by atoms with E-state index in [2.05, 4.69) is 10.6 Å². The average molecular weight is 268 g/mol. The van der Waals surface area contributed by atoms with Crippen molar-refractivity contribution in [2.45, 2.75) is 25.9 Å². The molecule has 0 saturated carbocycles. The van der Waals surface area contributed by atoms with Crippen molar-refractivity contribution in [1.29, 1.82) is 0 Å². The summed E-state index contributed by atoms with van der Waals surface area (Å²) in [5.41, 5.74) is 0.780. The van der Waals surface area contributed by atoms with Crippen LogP contribution < -0.4 is 10.6 Å². The van der Waals surface area contributed by atoms with Gasteiger partial charge in [0.25, 0.3) is 0 Å². The molecule has 0 radical (unpaired) electrons. The van der Waals surface area contributed by atoms with Gasteiger partial charge in [0.2, 0.25) is 5.91 Å². The molecule has 0 bridgehead atoms. The fraction of sp³-hybridized carbons (Fsp3) is 0.462. The van der Waals surface area contributed by atoms with E-state index >= 15 is 0 Å². The van der Waals surface area contributed by atoms with Crippen LogP contribution in [0.1, 0.15) is 13.8 Å². The number of nitrogens with one attached hydrogen (secondary N) is 2. The lowest BCUT2D eigenvalue weighted by Gasteiger charge is -2.18. The standard InChI is InChI=1S/C13H20N2O2S/c1-10(9-18(3)17)14-11(2)13(16)15-12-7-5-4-6-8-12/h4-8,10-11,14H,9H2,1-3H3,(H,15,16). The molecule has 5 heteroatoms. The zero-order chi connectivity index (χ0) is 13.5. The highest BCUT2D eigenvalue weighted by atomic mass is 32.2. The zero-order valence-electron chi connectivity index (χ0n) is 11.0. The van der Waals surface area contributed by atoms with E-state index in [9.17, 15) is 9.00 Å². The number of hydrogen-bond donors (Lipinski definition) is 2. The van der Waals surface area contributed by atoms with Gasteiger partial charge in [0.05, 0.1) is 6.04 Å². The summed E-state index contributed by atoms with van der Waals surface area (Å²) in [5.74, 6) is 0.457. The highest BCUT2D eigenvalue weighted by molar-refractivity contribution is 7.84. The molecule has 0 fully saturated rings. The van der Waals surface area contributed by atoms with Crippen molar-refractivity contribution in [2.75, 3.05) is 17.3 Å². The molecule has 3 atom stereocenters. The van der Waals surface area contributed by atoms with Crippen LogP contribution in [-0.2, 0) is 15.6 Å². The van der Waals surface area contributed by atoms with Crippen LogP contribution in [0.3, 0.4) is 0 Å². The molecule has 1 rings (SSSR count). The van der Waals surface area contributed by atoms with Gasteiger partial charge in [0.15, 0.2) is 0 Å². The predicted molar refractivity (Wildman–Crippen MR) is 76.1 cm³/mol. The minimum Gasteiger partial charge on any atom is -0.325 e. The summed E-state index contributed by atoms with van der Waals surface area (Å²) < 4.78 is 11.1. The molecule has 0 saturated heterocycles. The maximum absolute atomic E-state index is 11.9. The summed E-state index contributed by atoms with van der Waals surface area (Å²) in [7, 11) is -0.857. The SMILES string of the molecule is CC(CS(C)=O)NC(C)C(=O)Nc1ccccc1. The third-order valence-electron chi connectivity index (χ3n) is 2.45. The molecular formula is C13H20N2O2S. The second kappa shape index (κ2) is 7.28. The molecule has 0 heterocycles. The van der Waals surface area contributed by atoms with Crippen molar-refractivity contribution in [3.05, 3.63) is 30.3 Å². The van der Waals surface area contributed by atoms with E-state index in [-0.39, 0.29) is 18.0 Å². The summed E-state index contributed by atoms with van der Waals surface area (Å²) in [4.78, 5) is 11.9. The van der Waals surface area contributed by atoms with Crippen LogP contribution in [0.25, 0.3) is 0 Å². The first-order valence-corrected chi connectivity index (χ1v) is 7.63.